The Morgan fingerprint density at radius 3 is 2.44 bits per heavy atom. The van der Waals surface area contributed by atoms with Crippen molar-refractivity contribution in [3.63, 3.8) is 0 Å². The minimum Gasteiger partial charge on any atom is -0.459 e. The summed E-state index contributed by atoms with van der Waals surface area (Å²) in [6.07, 6.45) is 2.16. The molecule has 0 N–H and O–H groups in total. The quantitative estimate of drug-likeness (QED) is 0.598. The van der Waals surface area contributed by atoms with Gasteiger partial charge in [-0.1, -0.05) is 34.1 Å². The first-order chi connectivity index (χ1) is 11.7. The van der Waals surface area contributed by atoms with E-state index >= 15 is 0 Å². The summed E-state index contributed by atoms with van der Waals surface area (Å²) in [5.74, 6) is -0.205. The molecule has 5 heteroatoms. The van der Waals surface area contributed by atoms with Gasteiger partial charge in [0.15, 0.2) is 0 Å². The lowest BCUT2D eigenvalue weighted by atomic mass is 10.00. The first-order valence-electron chi connectivity index (χ1n) is 8.13. The third-order valence-corrected chi connectivity index (χ3v) is 4.63. The Morgan fingerprint density at radius 1 is 1.20 bits per heavy atom. The minimum atomic E-state index is -0.451. The molecule has 0 amide bonds. The smallest absolute Gasteiger partial charge is 0.320 e. The van der Waals surface area contributed by atoms with Crippen LogP contribution in [0.4, 0.5) is 0 Å². The number of benzene rings is 1. The molecular weight excluding hydrogens is 398 g/mol. The second-order valence-electron chi connectivity index (χ2n) is 6.92. The number of rotatable bonds is 6. The summed E-state index contributed by atoms with van der Waals surface area (Å²) in [5, 5.41) is 4.22. The summed E-state index contributed by atoms with van der Waals surface area (Å²) in [4.78, 5) is 13.9. The second-order valence-corrected chi connectivity index (χ2v) is 8.62. The van der Waals surface area contributed by atoms with Crippen molar-refractivity contribution < 1.29 is 9.53 Å². The Hall–Kier alpha value is -1.43. The Kier molecular flexibility index (Phi) is 6.99. The van der Waals surface area contributed by atoms with Crippen molar-refractivity contribution in [2.24, 2.45) is 0 Å². The molecule has 0 spiro atoms. The number of ether oxygens (including phenoxy) is 1. The third kappa shape index (κ3) is 6.77. The summed E-state index contributed by atoms with van der Waals surface area (Å²) in [6.45, 7) is 6.58. The normalized spacial score (nSPS) is 12.5. The topological polar surface area (TPSA) is 29.5 Å². The highest BCUT2D eigenvalue weighted by Gasteiger charge is 2.17. The number of esters is 1. The van der Waals surface area contributed by atoms with Gasteiger partial charge in [0.2, 0.25) is 0 Å². The molecule has 0 atom stereocenters. The molecular formula is C20H24BrNO2S. The van der Waals surface area contributed by atoms with Crippen LogP contribution in [-0.4, -0.2) is 36.6 Å². The van der Waals surface area contributed by atoms with E-state index in [0.29, 0.717) is 6.54 Å². The monoisotopic (exact) mass is 421 g/mol. The van der Waals surface area contributed by atoms with Gasteiger partial charge in [0.05, 0.1) is 6.54 Å². The van der Waals surface area contributed by atoms with E-state index < -0.39 is 5.60 Å². The van der Waals surface area contributed by atoms with Crippen molar-refractivity contribution in [2.45, 2.75) is 26.4 Å². The number of nitrogens with zero attached hydrogens (tertiary/aromatic N) is 1. The van der Waals surface area contributed by atoms with Crippen molar-refractivity contribution >= 4 is 38.8 Å². The predicted octanol–water partition coefficient (Wildman–Crippen LogP) is 5.22. The number of hydrogen-bond donors (Lipinski definition) is 0. The van der Waals surface area contributed by atoms with Crippen LogP contribution >= 0.6 is 27.3 Å². The van der Waals surface area contributed by atoms with Gasteiger partial charge < -0.3 is 4.74 Å². The van der Waals surface area contributed by atoms with Gasteiger partial charge in [0.25, 0.3) is 0 Å². The van der Waals surface area contributed by atoms with Crippen LogP contribution < -0.4 is 0 Å². The van der Waals surface area contributed by atoms with Crippen molar-refractivity contribution in [2.75, 3.05) is 20.1 Å². The summed E-state index contributed by atoms with van der Waals surface area (Å²) in [7, 11) is 1.92. The molecule has 1 aromatic carbocycles. The van der Waals surface area contributed by atoms with Crippen LogP contribution in [0.25, 0.3) is 5.57 Å². The van der Waals surface area contributed by atoms with Crippen molar-refractivity contribution in [1.29, 1.82) is 0 Å². The fourth-order valence-corrected chi connectivity index (χ4v) is 3.28. The standard InChI is InChI=1S/C20H24BrNO2S/c1-20(2,3)24-19(23)13-22(4)11-9-18(16-10-12-25-14-16)15-5-7-17(21)8-6-15/h5-10,12,14H,11,13H2,1-4H3/b18-9-. The predicted molar refractivity (Wildman–Crippen MR) is 109 cm³/mol. The van der Waals surface area contributed by atoms with Crippen LogP contribution in [0.1, 0.15) is 31.9 Å². The summed E-state index contributed by atoms with van der Waals surface area (Å²) in [5.41, 5.74) is 3.07. The average molecular weight is 422 g/mol. The molecule has 0 fully saturated rings. The summed E-state index contributed by atoms with van der Waals surface area (Å²) >= 11 is 5.16. The first-order valence-corrected chi connectivity index (χ1v) is 9.87. The van der Waals surface area contributed by atoms with Gasteiger partial charge in [-0.2, -0.15) is 11.3 Å². The number of carbonyl (C=O) groups is 1. The molecule has 3 nitrogen and oxygen atoms in total. The maximum absolute atomic E-state index is 12.0. The maximum atomic E-state index is 12.0. The van der Waals surface area contributed by atoms with Gasteiger partial charge in [0.1, 0.15) is 5.60 Å². The summed E-state index contributed by atoms with van der Waals surface area (Å²) in [6, 6.07) is 10.4. The second kappa shape index (κ2) is 8.79. The van der Waals surface area contributed by atoms with Crippen LogP contribution in [0.2, 0.25) is 0 Å². The van der Waals surface area contributed by atoms with Crippen LogP contribution in [0.3, 0.4) is 0 Å². The van der Waals surface area contributed by atoms with E-state index in [-0.39, 0.29) is 12.5 Å². The molecule has 2 aromatic rings. The number of carbonyl (C=O) groups excluding carboxylic acids is 1. The van der Waals surface area contributed by atoms with E-state index in [1.165, 1.54) is 11.1 Å². The van der Waals surface area contributed by atoms with Crippen molar-refractivity contribution in [3.05, 3.63) is 62.8 Å². The van der Waals surface area contributed by atoms with Gasteiger partial charge in [-0.3, -0.25) is 9.69 Å². The first kappa shape index (κ1) is 19.9. The van der Waals surface area contributed by atoms with E-state index in [2.05, 4.69) is 51.0 Å². The number of halogens is 1. The highest BCUT2D eigenvalue weighted by atomic mass is 79.9. The minimum absolute atomic E-state index is 0.205. The van der Waals surface area contributed by atoms with Crippen molar-refractivity contribution in [3.8, 4) is 0 Å². The molecule has 0 aliphatic rings. The SMILES string of the molecule is CN(C/C=C(/c1ccc(Br)cc1)c1ccsc1)CC(=O)OC(C)(C)C. The van der Waals surface area contributed by atoms with Crippen LogP contribution in [0.5, 0.6) is 0 Å². The van der Waals surface area contributed by atoms with E-state index in [4.69, 9.17) is 4.74 Å². The molecule has 134 valence electrons. The molecule has 0 aliphatic carbocycles. The lowest BCUT2D eigenvalue weighted by molar-refractivity contribution is -0.155. The fourth-order valence-electron chi connectivity index (χ4n) is 2.36. The number of likely N-dealkylation sites (N-methyl/N-ethyl adjacent to an activating group) is 1. The van der Waals surface area contributed by atoms with Gasteiger partial charge in [-0.05, 0) is 73.5 Å². The Bertz CT molecular complexity index is 715. The summed E-state index contributed by atoms with van der Waals surface area (Å²) < 4.78 is 6.44. The van der Waals surface area contributed by atoms with E-state index in [0.717, 1.165) is 10.0 Å². The molecule has 1 heterocycles. The Labute approximate surface area is 162 Å². The van der Waals surface area contributed by atoms with Gasteiger partial charge in [-0.15, -0.1) is 0 Å². The van der Waals surface area contributed by atoms with Gasteiger partial charge >= 0.3 is 5.97 Å². The lowest BCUT2D eigenvalue weighted by Crippen LogP contribution is -2.32. The highest BCUT2D eigenvalue weighted by molar-refractivity contribution is 9.10. The van der Waals surface area contributed by atoms with E-state index in [9.17, 15) is 4.79 Å². The molecule has 25 heavy (non-hydrogen) atoms. The molecule has 0 radical (unpaired) electrons. The molecule has 1 aromatic heterocycles. The van der Waals surface area contributed by atoms with Crippen LogP contribution in [0.15, 0.2) is 51.6 Å². The molecule has 0 unspecified atom stereocenters. The molecule has 0 bridgehead atoms. The fraction of sp³-hybridized carbons (Fsp3) is 0.350. The zero-order chi connectivity index (χ0) is 18.4. The molecule has 0 saturated carbocycles. The van der Waals surface area contributed by atoms with Crippen LogP contribution in [0, 0.1) is 0 Å². The zero-order valence-electron chi connectivity index (χ0n) is 15.1. The number of hydrogen-bond acceptors (Lipinski definition) is 4. The lowest BCUT2D eigenvalue weighted by Gasteiger charge is -2.22. The molecule has 0 saturated heterocycles. The molecule has 0 aliphatic heterocycles. The van der Waals surface area contributed by atoms with Gasteiger partial charge in [-0.25, -0.2) is 0 Å². The Morgan fingerprint density at radius 2 is 1.88 bits per heavy atom. The van der Waals surface area contributed by atoms with E-state index in [1.54, 1.807) is 11.3 Å². The maximum Gasteiger partial charge on any atom is 0.320 e. The van der Waals surface area contributed by atoms with E-state index in [1.807, 2.05) is 44.9 Å². The Balaban J connectivity index is 2.10. The zero-order valence-corrected chi connectivity index (χ0v) is 17.5. The third-order valence-electron chi connectivity index (χ3n) is 3.41. The largest absolute Gasteiger partial charge is 0.459 e. The molecule has 2 rings (SSSR count). The number of thiophene rings is 1. The van der Waals surface area contributed by atoms with Gasteiger partial charge in [0, 0.05) is 11.0 Å². The van der Waals surface area contributed by atoms with Crippen molar-refractivity contribution in [1.82, 2.24) is 4.90 Å². The highest BCUT2D eigenvalue weighted by Crippen LogP contribution is 2.26. The average Bonchev–Trinajstić information content (AvgIpc) is 3.01. The van der Waals surface area contributed by atoms with Crippen LogP contribution in [-0.2, 0) is 9.53 Å².